The van der Waals surface area contributed by atoms with Crippen LogP contribution >= 0.6 is 0 Å². The summed E-state index contributed by atoms with van der Waals surface area (Å²) in [5.74, 6) is 6.09. The van der Waals surface area contributed by atoms with E-state index >= 15 is 0 Å². The van der Waals surface area contributed by atoms with Crippen molar-refractivity contribution in [3.63, 3.8) is 0 Å². The number of hydrogen-bond donors (Lipinski definition) is 1. The molecule has 0 aromatic heterocycles. The summed E-state index contributed by atoms with van der Waals surface area (Å²) in [6, 6.07) is 0. The Morgan fingerprint density at radius 1 is 1.58 bits per heavy atom. The minimum absolute atomic E-state index is 0.746. The predicted octanol–water partition coefficient (Wildman–Crippen LogP) is 2.00. The van der Waals surface area contributed by atoms with Crippen LogP contribution in [0.3, 0.4) is 0 Å². The molecule has 1 heterocycles. The maximum atomic E-state index is 3.17. The van der Waals surface area contributed by atoms with Gasteiger partial charge in [0, 0.05) is 11.3 Å². The van der Waals surface area contributed by atoms with E-state index in [0.29, 0.717) is 0 Å². The number of nitrogens with one attached hydrogen (secondary N) is 1. The van der Waals surface area contributed by atoms with Crippen molar-refractivity contribution < 1.29 is 0 Å². The van der Waals surface area contributed by atoms with E-state index in [0.717, 1.165) is 17.8 Å². The molecule has 0 aromatic carbocycles. The van der Waals surface area contributed by atoms with E-state index in [2.05, 4.69) is 23.2 Å². The molecule has 0 radical (unpaired) electrons. The van der Waals surface area contributed by atoms with Gasteiger partial charge < -0.3 is 5.32 Å². The first-order valence-corrected chi connectivity index (χ1v) is 4.07. The average molecular weight is 159 g/mol. The lowest BCUT2D eigenvalue weighted by molar-refractivity contribution is 0.924. The minimum atomic E-state index is 0.746. The Kier molecular flexibility index (Phi) is 3.22. The monoisotopic (exact) mass is 159 g/mol. The molecule has 0 fully saturated rings. The molecular formula is C11H13N. The first kappa shape index (κ1) is 8.67. The summed E-state index contributed by atoms with van der Waals surface area (Å²) in [6.07, 6.45) is 8.07. The van der Waals surface area contributed by atoms with E-state index in [4.69, 9.17) is 0 Å². The molecule has 0 aliphatic carbocycles. The fourth-order valence-corrected chi connectivity index (χ4v) is 0.940. The van der Waals surface area contributed by atoms with Crippen molar-refractivity contribution in [2.24, 2.45) is 0 Å². The van der Waals surface area contributed by atoms with E-state index in [9.17, 15) is 0 Å². The Hall–Kier alpha value is -1.42. The molecule has 62 valence electrons. The lowest BCUT2D eigenvalue weighted by atomic mass is 10.2. The third kappa shape index (κ3) is 2.67. The number of hydrogen-bond acceptors (Lipinski definition) is 1. The van der Waals surface area contributed by atoms with Gasteiger partial charge in [-0.05, 0) is 26.0 Å². The van der Waals surface area contributed by atoms with Crippen molar-refractivity contribution in [3.05, 3.63) is 35.6 Å². The van der Waals surface area contributed by atoms with Crippen molar-refractivity contribution in [1.82, 2.24) is 5.32 Å². The maximum Gasteiger partial charge on any atom is 0.0766 e. The van der Waals surface area contributed by atoms with Crippen LogP contribution in [0.25, 0.3) is 0 Å². The first-order chi connectivity index (χ1) is 5.83. The predicted molar refractivity (Wildman–Crippen MR) is 52.4 cm³/mol. The fourth-order valence-electron chi connectivity index (χ4n) is 0.940. The Morgan fingerprint density at radius 3 is 3.17 bits per heavy atom. The quantitative estimate of drug-likeness (QED) is 0.577. The van der Waals surface area contributed by atoms with Crippen LogP contribution in [-0.2, 0) is 0 Å². The highest BCUT2D eigenvalue weighted by molar-refractivity contribution is 5.43. The lowest BCUT2D eigenvalue weighted by Crippen LogP contribution is -2.09. The Balaban J connectivity index is 2.84. The second kappa shape index (κ2) is 4.46. The second-order valence-electron chi connectivity index (χ2n) is 2.63. The molecule has 1 heteroatoms. The standard InChI is InChI=1S/C11H13N/c1-3-4-6-11-7-5-8-12-10(2)9-11/h3-4,6,9,12H,8H2,1-2H3/b4-3-,11-6+. The molecule has 1 N–H and O–H groups in total. The zero-order valence-corrected chi connectivity index (χ0v) is 7.52. The molecule has 0 spiro atoms. The van der Waals surface area contributed by atoms with E-state index < -0.39 is 0 Å². The third-order valence-corrected chi connectivity index (χ3v) is 1.53. The minimum Gasteiger partial charge on any atom is -0.378 e. The second-order valence-corrected chi connectivity index (χ2v) is 2.63. The summed E-state index contributed by atoms with van der Waals surface area (Å²) in [6.45, 7) is 4.78. The maximum absolute atomic E-state index is 3.17. The highest BCUT2D eigenvalue weighted by Gasteiger charge is 1.92. The van der Waals surface area contributed by atoms with Gasteiger partial charge in [0.2, 0.25) is 0 Å². The van der Waals surface area contributed by atoms with E-state index in [1.54, 1.807) is 0 Å². The van der Waals surface area contributed by atoms with E-state index in [-0.39, 0.29) is 0 Å². The molecule has 0 amide bonds. The van der Waals surface area contributed by atoms with Gasteiger partial charge in [-0.1, -0.05) is 24.0 Å². The molecule has 0 saturated carbocycles. The van der Waals surface area contributed by atoms with Crippen LogP contribution in [0.5, 0.6) is 0 Å². The topological polar surface area (TPSA) is 12.0 Å². The zero-order valence-electron chi connectivity index (χ0n) is 7.52. The van der Waals surface area contributed by atoms with Crippen molar-refractivity contribution in [2.75, 3.05) is 6.54 Å². The molecule has 0 atom stereocenters. The van der Waals surface area contributed by atoms with Crippen LogP contribution in [0.2, 0.25) is 0 Å². The molecule has 12 heavy (non-hydrogen) atoms. The molecule has 0 unspecified atom stereocenters. The summed E-state index contributed by atoms with van der Waals surface area (Å²) in [5, 5.41) is 3.17. The highest BCUT2D eigenvalue weighted by atomic mass is 14.9. The average Bonchev–Trinajstić information content (AvgIpc) is 2.26. The summed E-state index contributed by atoms with van der Waals surface area (Å²) < 4.78 is 0. The van der Waals surface area contributed by atoms with Gasteiger partial charge in [-0.25, -0.2) is 0 Å². The van der Waals surface area contributed by atoms with Gasteiger partial charge in [0.05, 0.1) is 6.54 Å². The smallest absolute Gasteiger partial charge is 0.0766 e. The van der Waals surface area contributed by atoms with Crippen LogP contribution in [-0.4, -0.2) is 6.54 Å². The largest absolute Gasteiger partial charge is 0.378 e. The molecule has 1 rings (SSSR count). The summed E-state index contributed by atoms with van der Waals surface area (Å²) in [7, 11) is 0. The van der Waals surface area contributed by atoms with Gasteiger partial charge in [-0.2, -0.15) is 0 Å². The first-order valence-electron chi connectivity index (χ1n) is 4.07. The van der Waals surface area contributed by atoms with Gasteiger partial charge in [0.25, 0.3) is 0 Å². The normalized spacial score (nSPS) is 19.5. The lowest BCUT2D eigenvalue weighted by Gasteiger charge is -1.97. The molecule has 1 aliphatic heterocycles. The van der Waals surface area contributed by atoms with Crippen molar-refractivity contribution >= 4 is 0 Å². The fraction of sp³-hybridized carbons (Fsp3) is 0.273. The third-order valence-electron chi connectivity index (χ3n) is 1.53. The Morgan fingerprint density at radius 2 is 2.42 bits per heavy atom. The van der Waals surface area contributed by atoms with Crippen LogP contribution in [0.15, 0.2) is 35.6 Å². The Labute approximate surface area is 73.9 Å². The molecule has 0 saturated heterocycles. The molecule has 0 aromatic rings. The molecule has 1 nitrogen and oxygen atoms in total. The van der Waals surface area contributed by atoms with Crippen molar-refractivity contribution in [3.8, 4) is 11.8 Å². The summed E-state index contributed by atoms with van der Waals surface area (Å²) in [4.78, 5) is 0. The SMILES string of the molecule is C/C=C\C=C1/C#CCNC(C)=C1. The molecular weight excluding hydrogens is 146 g/mol. The van der Waals surface area contributed by atoms with Crippen molar-refractivity contribution in [1.29, 1.82) is 0 Å². The van der Waals surface area contributed by atoms with Crippen molar-refractivity contribution in [2.45, 2.75) is 13.8 Å². The zero-order chi connectivity index (χ0) is 8.81. The molecule has 1 aliphatic rings. The molecule has 0 bridgehead atoms. The highest BCUT2D eigenvalue weighted by Crippen LogP contribution is 2.01. The number of allylic oxidation sites excluding steroid dienone is 6. The van der Waals surface area contributed by atoms with E-state index in [1.165, 1.54) is 0 Å². The number of rotatable bonds is 1. The van der Waals surface area contributed by atoms with Gasteiger partial charge in [0.1, 0.15) is 0 Å². The van der Waals surface area contributed by atoms with Gasteiger partial charge in [0.15, 0.2) is 0 Å². The van der Waals surface area contributed by atoms with Crippen LogP contribution in [0.4, 0.5) is 0 Å². The van der Waals surface area contributed by atoms with Gasteiger partial charge in [-0.3, -0.25) is 0 Å². The Bertz CT molecular complexity index is 295. The van der Waals surface area contributed by atoms with Crippen LogP contribution in [0, 0.1) is 11.8 Å². The van der Waals surface area contributed by atoms with Crippen LogP contribution < -0.4 is 5.32 Å². The summed E-state index contributed by atoms with van der Waals surface area (Å²) in [5.41, 5.74) is 2.22. The van der Waals surface area contributed by atoms with Crippen LogP contribution in [0.1, 0.15) is 13.8 Å². The van der Waals surface area contributed by atoms with E-state index in [1.807, 2.05) is 32.1 Å². The summed E-state index contributed by atoms with van der Waals surface area (Å²) >= 11 is 0. The van der Waals surface area contributed by atoms with Gasteiger partial charge >= 0.3 is 0 Å². The van der Waals surface area contributed by atoms with Gasteiger partial charge in [-0.15, -0.1) is 0 Å².